The molecule has 6 nitrogen and oxygen atoms in total. The summed E-state index contributed by atoms with van der Waals surface area (Å²) in [5, 5.41) is 2.85. The summed E-state index contributed by atoms with van der Waals surface area (Å²) in [6, 6.07) is 22.7. The van der Waals surface area contributed by atoms with Crippen molar-refractivity contribution in [1.82, 2.24) is 0 Å². The molecule has 0 saturated heterocycles. The molecule has 0 aliphatic carbocycles. The normalized spacial score (nSPS) is 15.2. The van der Waals surface area contributed by atoms with Crippen LogP contribution in [0, 0.1) is 6.92 Å². The molecule has 0 spiro atoms. The second-order valence-corrected chi connectivity index (χ2v) is 7.83. The maximum atomic E-state index is 12.7. The van der Waals surface area contributed by atoms with Gasteiger partial charge in [-0.1, -0.05) is 48.0 Å². The topological polar surface area (TPSA) is 67.9 Å². The van der Waals surface area contributed by atoms with E-state index in [0.29, 0.717) is 30.3 Å². The minimum absolute atomic E-state index is 0.128. The summed E-state index contributed by atoms with van der Waals surface area (Å²) in [5.74, 6) is 0.922. The van der Waals surface area contributed by atoms with Gasteiger partial charge in [0.15, 0.2) is 6.10 Å². The van der Waals surface area contributed by atoms with Crippen molar-refractivity contribution in [2.75, 3.05) is 23.4 Å². The summed E-state index contributed by atoms with van der Waals surface area (Å²) in [6.45, 7) is 4.47. The van der Waals surface area contributed by atoms with Crippen LogP contribution in [0.1, 0.15) is 18.1 Å². The van der Waals surface area contributed by atoms with Gasteiger partial charge >= 0.3 is 0 Å². The van der Waals surface area contributed by atoms with Gasteiger partial charge in [-0.15, -0.1) is 0 Å². The number of aryl methyl sites for hydroxylation is 1. The third-order valence-corrected chi connectivity index (χ3v) is 5.27. The van der Waals surface area contributed by atoms with Crippen LogP contribution in [0.2, 0.25) is 0 Å². The number of amides is 2. The van der Waals surface area contributed by atoms with Crippen LogP contribution in [0.15, 0.2) is 78.9 Å². The smallest absolute Gasteiger partial charge is 0.267 e. The number of carbonyl (C=O) groups excluding carboxylic acids is 2. The zero-order valence-corrected chi connectivity index (χ0v) is 18.7. The maximum absolute atomic E-state index is 12.7. The number of para-hydroxylation sites is 1. The lowest BCUT2D eigenvalue weighted by Crippen LogP contribution is -2.46. The van der Waals surface area contributed by atoms with Gasteiger partial charge in [-0.3, -0.25) is 9.59 Å². The van der Waals surface area contributed by atoms with Gasteiger partial charge in [-0.05, 0) is 49.8 Å². The lowest BCUT2D eigenvalue weighted by Gasteiger charge is -2.33. The highest BCUT2D eigenvalue weighted by atomic mass is 16.5. The second kappa shape index (κ2) is 10.0. The summed E-state index contributed by atoms with van der Waals surface area (Å²) >= 11 is 0. The third kappa shape index (κ3) is 5.60. The van der Waals surface area contributed by atoms with E-state index in [2.05, 4.69) is 5.32 Å². The van der Waals surface area contributed by atoms with Gasteiger partial charge in [0.25, 0.3) is 5.91 Å². The number of benzene rings is 3. The average molecular weight is 443 g/mol. The van der Waals surface area contributed by atoms with Crippen molar-refractivity contribution in [2.24, 2.45) is 0 Å². The number of rotatable bonds is 7. The third-order valence-electron chi connectivity index (χ3n) is 5.27. The zero-order chi connectivity index (χ0) is 23.2. The Labute approximate surface area is 193 Å². The SMILES string of the molecule is Cc1ccc(/C=C/C(=O)Nc2ccc3c(c2)OC(C)C(=O)N3CCOc2ccccc2)cc1. The van der Waals surface area contributed by atoms with Crippen LogP contribution in [0.25, 0.3) is 6.08 Å². The molecule has 1 N–H and O–H groups in total. The van der Waals surface area contributed by atoms with Crippen LogP contribution in [-0.2, 0) is 9.59 Å². The van der Waals surface area contributed by atoms with E-state index in [1.54, 1.807) is 36.1 Å². The molecule has 1 aliphatic heterocycles. The molecule has 0 radical (unpaired) electrons. The van der Waals surface area contributed by atoms with Crippen molar-refractivity contribution >= 4 is 29.3 Å². The molecule has 1 unspecified atom stereocenters. The van der Waals surface area contributed by atoms with Gasteiger partial charge in [0.2, 0.25) is 5.91 Å². The molecule has 0 fully saturated rings. The van der Waals surface area contributed by atoms with E-state index in [-0.39, 0.29) is 11.8 Å². The Morgan fingerprint density at radius 2 is 1.85 bits per heavy atom. The molecule has 4 rings (SSSR count). The molecule has 3 aromatic rings. The van der Waals surface area contributed by atoms with E-state index in [9.17, 15) is 9.59 Å². The minimum atomic E-state index is -0.624. The number of ether oxygens (including phenoxy) is 2. The van der Waals surface area contributed by atoms with E-state index in [1.807, 2.05) is 61.5 Å². The standard InChI is InChI=1S/C27H26N2O4/c1-19-8-10-21(11-9-19)12-15-26(30)28-22-13-14-24-25(18-22)33-20(2)27(31)29(24)16-17-32-23-6-4-3-5-7-23/h3-15,18,20H,16-17H2,1-2H3,(H,28,30)/b15-12+. The Bertz CT molecular complexity index is 1160. The van der Waals surface area contributed by atoms with Crippen molar-refractivity contribution in [3.05, 3.63) is 90.0 Å². The molecule has 1 heterocycles. The first-order valence-electron chi connectivity index (χ1n) is 10.9. The summed E-state index contributed by atoms with van der Waals surface area (Å²) in [5.41, 5.74) is 3.36. The van der Waals surface area contributed by atoms with E-state index >= 15 is 0 Å². The number of nitrogens with one attached hydrogen (secondary N) is 1. The Morgan fingerprint density at radius 3 is 2.61 bits per heavy atom. The lowest BCUT2D eigenvalue weighted by atomic mass is 10.1. The Kier molecular flexibility index (Phi) is 6.74. The average Bonchev–Trinajstić information content (AvgIpc) is 2.82. The summed E-state index contributed by atoms with van der Waals surface area (Å²) in [4.78, 5) is 26.7. The highest BCUT2D eigenvalue weighted by Crippen LogP contribution is 2.36. The monoisotopic (exact) mass is 442 g/mol. The second-order valence-electron chi connectivity index (χ2n) is 7.83. The predicted molar refractivity (Wildman–Crippen MR) is 130 cm³/mol. The largest absolute Gasteiger partial charge is 0.492 e. The summed E-state index contributed by atoms with van der Waals surface area (Å²) in [6.07, 6.45) is 2.63. The molecular weight excluding hydrogens is 416 g/mol. The van der Waals surface area contributed by atoms with Crippen molar-refractivity contribution in [3.8, 4) is 11.5 Å². The first kappa shape index (κ1) is 22.1. The summed E-state index contributed by atoms with van der Waals surface area (Å²) < 4.78 is 11.6. The molecule has 33 heavy (non-hydrogen) atoms. The van der Waals surface area contributed by atoms with E-state index in [1.165, 1.54) is 11.6 Å². The van der Waals surface area contributed by atoms with Gasteiger partial charge in [0.1, 0.15) is 18.1 Å². The molecule has 6 heteroatoms. The number of hydrogen-bond donors (Lipinski definition) is 1. The molecule has 1 atom stereocenters. The van der Waals surface area contributed by atoms with Crippen molar-refractivity contribution in [3.63, 3.8) is 0 Å². The van der Waals surface area contributed by atoms with Crippen molar-refractivity contribution < 1.29 is 19.1 Å². The molecule has 1 aliphatic rings. The van der Waals surface area contributed by atoms with Crippen LogP contribution < -0.4 is 19.7 Å². The predicted octanol–water partition coefficient (Wildman–Crippen LogP) is 4.84. The van der Waals surface area contributed by atoms with E-state index in [0.717, 1.165) is 11.3 Å². The fourth-order valence-electron chi connectivity index (χ4n) is 3.52. The number of hydrogen-bond acceptors (Lipinski definition) is 4. The Balaban J connectivity index is 1.42. The van der Waals surface area contributed by atoms with Gasteiger partial charge < -0.3 is 19.7 Å². The van der Waals surface area contributed by atoms with Crippen LogP contribution >= 0.6 is 0 Å². The number of fused-ring (bicyclic) bond motifs is 1. The maximum Gasteiger partial charge on any atom is 0.267 e. The Hall–Kier alpha value is -4.06. The molecule has 0 aromatic heterocycles. The van der Waals surface area contributed by atoms with Gasteiger partial charge in [0.05, 0.1) is 12.2 Å². The van der Waals surface area contributed by atoms with Crippen LogP contribution in [0.4, 0.5) is 11.4 Å². The molecule has 0 saturated carbocycles. The van der Waals surface area contributed by atoms with Crippen LogP contribution in [0.5, 0.6) is 11.5 Å². The molecule has 3 aromatic carbocycles. The highest BCUT2D eigenvalue weighted by molar-refractivity contribution is 6.03. The minimum Gasteiger partial charge on any atom is -0.492 e. The first-order chi connectivity index (χ1) is 16.0. The highest BCUT2D eigenvalue weighted by Gasteiger charge is 2.31. The van der Waals surface area contributed by atoms with Gasteiger partial charge in [-0.2, -0.15) is 0 Å². The number of anilines is 2. The summed E-state index contributed by atoms with van der Waals surface area (Å²) in [7, 11) is 0. The fourth-order valence-corrected chi connectivity index (χ4v) is 3.52. The quantitative estimate of drug-likeness (QED) is 0.532. The zero-order valence-electron chi connectivity index (χ0n) is 18.7. The van der Waals surface area contributed by atoms with Crippen molar-refractivity contribution in [2.45, 2.75) is 20.0 Å². The fraction of sp³-hybridized carbons (Fsp3) is 0.185. The van der Waals surface area contributed by atoms with E-state index < -0.39 is 6.10 Å². The van der Waals surface area contributed by atoms with Crippen molar-refractivity contribution in [1.29, 1.82) is 0 Å². The van der Waals surface area contributed by atoms with Crippen LogP contribution in [0.3, 0.4) is 0 Å². The number of carbonyl (C=O) groups is 2. The Morgan fingerprint density at radius 1 is 1.09 bits per heavy atom. The molecule has 0 bridgehead atoms. The molecular formula is C27H26N2O4. The first-order valence-corrected chi connectivity index (χ1v) is 10.9. The number of nitrogens with zero attached hydrogens (tertiary/aromatic N) is 1. The molecule has 2 amide bonds. The molecule has 168 valence electrons. The lowest BCUT2D eigenvalue weighted by molar-refractivity contribution is -0.125. The van der Waals surface area contributed by atoms with Crippen LogP contribution in [-0.4, -0.2) is 31.1 Å². The van der Waals surface area contributed by atoms with Gasteiger partial charge in [-0.25, -0.2) is 0 Å². The van der Waals surface area contributed by atoms with E-state index in [4.69, 9.17) is 9.47 Å². The van der Waals surface area contributed by atoms with Gasteiger partial charge in [0, 0.05) is 17.8 Å².